The molecule has 1 fully saturated rings. The van der Waals surface area contributed by atoms with Crippen LogP contribution in [0.3, 0.4) is 0 Å². The minimum atomic E-state index is -0.0771. The van der Waals surface area contributed by atoms with Crippen LogP contribution in [0.25, 0.3) is 10.2 Å². The summed E-state index contributed by atoms with van der Waals surface area (Å²) in [6.45, 7) is 3.45. The Bertz CT molecular complexity index is 724. The molecule has 2 N–H and O–H groups in total. The van der Waals surface area contributed by atoms with E-state index >= 15 is 0 Å². The van der Waals surface area contributed by atoms with E-state index in [1.807, 2.05) is 5.38 Å². The smallest absolute Gasteiger partial charge is 0.262 e. The van der Waals surface area contributed by atoms with Crippen molar-refractivity contribution < 1.29 is 4.79 Å². The second-order valence-corrected chi connectivity index (χ2v) is 6.59. The standard InChI is InChI=1S/C15H20N4O2S/c1-10-12(3-2-6-16-10)18-13(20)4-7-19-9-17-14-11(15(19)21)5-8-22-14/h5,8-10,12,16H,2-4,6-7H2,1H3,(H,18,20). The van der Waals surface area contributed by atoms with Crippen molar-refractivity contribution in [3.05, 3.63) is 28.1 Å². The summed E-state index contributed by atoms with van der Waals surface area (Å²) in [6.07, 6.45) is 3.90. The largest absolute Gasteiger partial charge is 0.352 e. The number of aromatic nitrogens is 2. The molecule has 0 aromatic carbocycles. The Balaban J connectivity index is 1.60. The molecule has 1 aliphatic heterocycles. The first-order valence-electron chi connectivity index (χ1n) is 7.60. The molecule has 7 heteroatoms. The fraction of sp³-hybridized carbons (Fsp3) is 0.533. The second kappa shape index (κ2) is 6.58. The van der Waals surface area contributed by atoms with Crippen molar-refractivity contribution >= 4 is 27.5 Å². The van der Waals surface area contributed by atoms with Gasteiger partial charge >= 0.3 is 0 Å². The van der Waals surface area contributed by atoms with Gasteiger partial charge in [0, 0.05) is 25.0 Å². The van der Waals surface area contributed by atoms with Gasteiger partial charge in [0.2, 0.25) is 5.91 Å². The van der Waals surface area contributed by atoms with Crippen LogP contribution in [-0.2, 0) is 11.3 Å². The maximum absolute atomic E-state index is 12.2. The Morgan fingerprint density at radius 2 is 2.45 bits per heavy atom. The van der Waals surface area contributed by atoms with Crippen LogP contribution in [0, 0.1) is 0 Å². The van der Waals surface area contributed by atoms with E-state index in [4.69, 9.17) is 0 Å². The number of carbonyl (C=O) groups excluding carboxylic acids is 1. The number of aryl methyl sites for hydroxylation is 1. The summed E-state index contributed by atoms with van der Waals surface area (Å²) in [7, 11) is 0. The fourth-order valence-electron chi connectivity index (χ4n) is 2.79. The van der Waals surface area contributed by atoms with Crippen LogP contribution in [0.5, 0.6) is 0 Å². The number of nitrogens with zero attached hydrogens (tertiary/aromatic N) is 2. The zero-order chi connectivity index (χ0) is 15.5. The lowest BCUT2D eigenvalue weighted by Gasteiger charge is -2.30. The maximum atomic E-state index is 12.2. The molecule has 0 radical (unpaired) electrons. The summed E-state index contributed by atoms with van der Waals surface area (Å²) in [6, 6.07) is 2.25. The van der Waals surface area contributed by atoms with Crippen molar-refractivity contribution in [2.45, 2.75) is 44.8 Å². The molecule has 118 valence electrons. The maximum Gasteiger partial charge on any atom is 0.262 e. The number of piperidine rings is 1. The summed E-state index contributed by atoms with van der Waals surface area (Å²) in [5, 5.41) is 8.89. The Morgan fingerprint density at radius 3 is 3.27 bits per heavy atom. The third-order valence-corrected chi connectivity index (χ3v) is 4.96. The average Bonchev–Trinajstić information content (AvgIpc) is 2.98. The molecule has 2 atom stereocenters. The van der Waals surface area contributed by atoms with Crippen molar-refractivity contribution in [3.63, 3.8) is 0 Å². The molecular formula is C15H20N4O2S. The highest BCUT2D eigenvalue weighted by Gasteiger charge is 2.22. The van der Waals surface area contributed by atoms with Crippen molar-refractivity contribution in [1.29, 1.82) is 0 Å². The molecule has 6 nitrogen and oxygen atoms in total. The van der Waals surface area contributed by atoms with Gasteiger partial charge in [0.15, 0.2) is 0 Å². The van der Waals surface area contributed by atoms with E-state index in [2.05, 4.69) is 22.5 Å². The highest BCUT2D eigenvalue weighted by atomic mass is 32.1. The summed E-state index contributed by atoms with van der Waals surface area (Å²) >= 11 is 1.45. The van der Waals surface area contributed by atoms with Gasteiger partial charge in [-0.05, 0) is 37.8 Å². The molecule has 0 aliphatic carbocycles. The molecule has 3 heterocycles. The molecule has 1 aliphatic rings. The van der Waals surface area contributed by atoms with E-state index in [1.54, 1.807) is 6.07 Å². The monoisotopic (exact) mass is 320 g/mol. The Hall–Kier alpha value is -1.73. The average molecular weight is 320 g/mol. The number of fused-ring (bicyclic) bond motifs is 1. The molecule has 0 saturated carbocycles. The molecule has 22 heavy (non-hydrogen) atoms. The summed E-state index contributed by atoms with van der Waals surface area (Å²) < 4.78 is 1.51. The lowest BCUT2D eigenvalue weighted by molar-refractivity contribution is -0.122. The number of thiophene rings is 1. The first-order valence-corrected chi connectivity index (χ1v) is 8.48. The summed E-state index contributed by atoms with van der Waals surface area (Å²) in [4.78, 5) is 29.3. The van der Waals surface area contributed by atoms with Gasteiger partial charge in [0.05, 0.1) is 11.7 Å². The lowest BCUT2D eigenvalue weighted by atomic mass is 10.00. The van der Waals surface area contributed by atoms with Crippen LogP contribution in [0.2, 0.25) is 0 Å². The van der Waals surface area contributed by atoms with Crippen LogP contribution in [0.4, 0.5) is 0 Å². The fourth-order valence-corrected chi connectivity index (χ4v) is 3.52. The summed E-state index contributed by atoms with van der Waals surface area (Å²) in [5.41, 5.74) is -0.0771. The third-order valence-electron chi connectivity index (χ3n) is 4.14. The normalized spacial score (nSPS) is 21.9. The first-order chi connectivity index (χ1) is 10.6. The van der Waals surface area contributed by atoms with E-state index in [0.29, 0.717) is 24.4 Å². The molecule has 3 rings (SSSR count). The number of rotatable bonds is 4. The second-order valence-electron chi connectivity index (χ2n) is 5.69. The quantitative estimate of drug-likeness (QED) is 0.885. The minimum Gasteiger partial charge on any atom is -0.352 e. The molecule has 2 aromatic rings. The van der Waals surface area contributed by atoms with Crippen molar-refractivity contribution in [1.82, 2.24) is 20.2 Å². The Labute approximate surface area is 132 Å². The zero-order valence-corrected chi connectivity index (χ0v) is 13.4. The predicted octanol–water partition coefficient (Wildman–Crippen LogP) is 1.10. The Morgan fingerprint density at radius 1 is 1.59 bits per heavy atom. The van der Waals surface area contributed by atoms with Crippen LogP contribution < -0.4 is 16.2 Å². The van der Waals surface area contributed by atoms with Crippen molar-refractivity contribution in [2.75, 3.05) is 6.54 Å². The number of hydrogen-bond acceptors (Lipinski definition) is 5. The van der Waals surface area contributed by atoms with E-state index in [0.717, 1.165) is 24.2 Å². The topological polar surface area (TPSA) is 76.0 Å². The predicted molar refractivity (Wildman–Crippen MR) is 87.1 cm³/mol. The number of hydrogen-bond donors (Lipinski definition) is 2. The van der Waals surface area contributed by atoms with Gasteiger partial charge in [-0.3, -0.25) is 14.2 Å². The zero-order valence-electron chi connectivity index (χ0n) is 12.5. The van der Waals surface area contributed by atoms with E-state index in [-0.39, 0.29) is 17.5 Å². The lowest BCUT2D eigenvalue weighted by Crippen LogP contribution is -2.52. The molecule has 0 bridgehead atoms. The Kier molecular flexibility index (Phi) is 4.54. The summed E-state index contributed by atoms with van der Waals surface area (Å²) in [5.74, 6) is -0.0159. The first kappa shape index (κ1) is 15.2. The van der Waals surface area contributed by atoms with Gasteiger partial charge < -0.3 is 10.6 Å². The van der Waals surface area contributed by atoms with Gasteiger partial charge in [-0.25, -0.2) is 4.98 Å². The highest BCUT2D eigenvalue weighted by Crippen LogP contribution is 2.13. The van der Waals surface area contributed by atoms with E-state index in [9.17, 15) is 9.59 Å². The van der Waals surface area contributed by atoms with E-state index < -0.39 is 0 Å². The van der Waals surface area contributed by atoms with Crippen LogP contribution in [0.1, 0.15) is 26.2 Å². The van der Waals surface area contributed by atoms with Gasteiger partial charge in [-0.15, -0.1) is 11.3 Å². The molecular weight excluding hydrogens is 300 g/mol. The van der Waals surface area contributed by atoms with Crippen LogP contribution in [-0.4, -0.2) is 34.1 Å². The van der Waals surface area contributed by atoms with E-state index in [1.165, 1.54) is 22.2 Å². The van der Waals surface area contributed by atoms with Crippen molar-refractivity contribution in [2.24, 2.45) is 0 Å². The SMILES string of the molecule is CC1NCCCC1NC(=O)CCn1cnc2sccc2c1=O. The molecule has 2 unspecified atom stereocenters. The highest BCUT2D eigenvalue weighted by molar-refractivity contribution is 7.16. The molecule has 2 aromatic heterocycles. The number of carbonyl (C=O) groups is 1. The number of amides is 1. The van der Waals surface area contributed by atoms with Gasteiger partial charge in [0.25, 0.3) is 5.56 Å². The molecule has 0 spiro atoms. The van der Waals surface area contributed by atoms with Gasteiger partial charge in [0.1, 0.15) is 4.83 Å². The van der Waals surface area contributed by atoms with Crippen molar-refractivity contribution in [3.8, 4) is 0 Å². The minimum absolute atomic E-state index is 0.0159. The third kappa shape index (κ3) is 3.20. The molecule has 1 saturated heterocycles. The van der Waals surface area contributed by atoms with Gasteiger partial charge in [-0.1, -0.05) is 0 Å². The molecule has 1 amide bonds. The van der Waals surface area contributed by atoms with Gasteiger partial charge in [-0.2, -0.15) is 0 Å². The van der Waals surface area contributed by atoms with Crippen LogP contribution in [0.15, 0.2) is 22.6 Å². The number of nitrogens with one attached hydrogen (secondary N) is 2. The van der Waals surface area contributed by atoms with Crippen LogP contribution >= 0.6 is 11.3 Å².